The van der Waals surface area contributed by atoms with Crippen molar-refractivity contribution in [2.75, 3.05) is 6.54 Å². The Hall–Kier alpha value is -1.62. The maximum atomic E-state index is 11.9. The second-order valence-corrected chi connectivity index (χ2v) is 5.82. The Balaban J connectivity index is 2.86. The first-order chi connectivity index (χ1) is 8.86. The van der Waals surface area contributed by atoms with Crippen molar-refractivity contribution in [1.29, 1.82) is 5.26 Å². The van der Waals surface area contributed by atoms with Gasteiger partial charge in [-0.3, -0.25) is 4.79 Å². The molecule has 0 aliphatic heterocycles. The molecule has 0 atom stereocenters. The summed E-state index contributed by atoms with van der Waals surface area (Å²) in [4.78, 5) is 10.1. The highest BCUT2D eigenvalue weighted by atomic mass is 35.5. The van der Waals surface area contributed by atoms with Gasteiger partial charge in [0.25, 0.3) is 0 Å². The SMILES string of the molecule is N#Cc1ccc(Cl)cc1S(=O)(=O)NCCCC(=O)O. The van der Waals surface area contributed by atoms with Crippen molar-refractivity contribution in [3.05, 3.63) is 28.8 Å². The van der Waals surface area contributed by atoms with E-state index in [4.69, 9.17) is 22.0 Å². The van der Waals surface area contributed by atoms with E-state index in [1.165, 1.54) is 18.2 Å². The van der Waals surface area contributed by atoms with Crippen molar-refractivity contribution in [2.24, 2.45) is 0 Å². The molecular weight excluding hydrogens is 292 g/mol. The molecule has 0 aliphatic carbocycles. The Morgan fingerprint density at radius 2 is 2.16 bits per heavy atom. The molecule has 1 aromatic carbocycles. The Morgan fingerprint density at radius 3 is 2.74 bits per heavy atom. The van der Waals surface area contributed by atoms with Crippen molar-refractivity contribution < 1.29 is 18.3 Å². The lowest BCUT2D eigenvalue weighted by Gasteiger charge is -2.08. The summed E-state index contributed by atoms with van der Waals surface area (Å²) in [5.41, 5.74) is -0.0184. The van der Waals surface area contributed by atoms with Crippen LogP contribution in [0.4, 0.5) is 0 Å². The van der Waals surface area contributed by atoms with Gasteiger partial charge in [-0.25, -0.2) is 13.1 Å². The van der Waals surface area contributed by atoms with Gasteiger partial charge in [0, 0.05) is 18.0 Å². The molecule has 8 heteroatoms. The predicted octanol–water partition coefficient (Wildman–Crippen LogP) is 1.35. The fraction of sp³-hybridized carbons (Fsp3) is 0.273. The van der Waals surface area contributed by atoms with Gasteiger partial charge in [0.2, 0.25) is 10.0 Å². The maximum Gasteiger partial charge on any atom is 0.303 e. The van der Waals surface area contributed by atoms with Crippen LogP contribution in [0.25, 0.3) is 0 Å². The Kier molecular flexibility index (Phi) is 5.30. The van der Waals surface area contributed by atoms with Gasteiger partial charge in [0.05, 0.1) is 5.56 Å². The second-order valence-electron chi connectivity index (χ2n) is 3.65. The molecule has 2 N–H and O–H groups in total. The van der Waals surface area contributed by atoms with E-state index in [0.29, 0.717) is 0 Å². The molecule has 0 saturated carbocycles. The van der Waals surface area contributed by atoms with Gasteiger partial charge >= 0.3 is 5.97 Å². The number of carbonyl (C=O) groups is 1. The summed E-state index contributed by atoms with van der Waals surface area (Å²) >= 11 is 5.70. The number of sulfonamides is 1. The predicted molar refractivity (Wildman–Crippen MR) is 68.2 cm³/mol. The van der Waals surface area contributed by atoms with Crippen molar-refractivity contribution in [2.45, 2.75) is 17.7 Å². The van der Waals surface area contributed by atoms with E-state index in [1.807, 2.05) is 0 Å². The van der Waals surface area contributed by atoms with E-state index in [0.717, 1.165) is 0 Å². The first-order valence-corrected chi connectivity index (χ1v) is 7.14. The molecule has 102 valence electrons. The molecule has 0 aliphatic rings. The topological polar surface area (TPSA) is 107 Å². The third-order valence-electron chi connectivity index (χ3n) is 2.21. The maximum absolute atomic E-state index is 11.9. The van der Waals surface area contributed by atoms with Crippen LogP contribution in [-0.4, -0.2) is 26.0 Å². The zero-order valence-corrected chi connectivity index (χ0v) is 11.3. The number of carboxylic acid groups (broad SMARTS) is 1. The lowest BCUT2D eigenvalue weighted by molar-refractivity contribution is -0.137. The number of hydrogen-bond acceptors (Lipinski definition) is 4. The minimum atomic E-state index is -3.87. The lowest BCUT2D eigenvalue weighted by atomic mass is 10.2. The van der Waals surface area contributed by atoms with Crippen LogP contribution in [-0.2, 0) is 14.8 Å². The van der Waals surface area contributed by atoms with E-state index in [-0.39, 0.29) is 34.9 Å². The monoisotopic (exact) mass is 302 g/mol. The summed E-state index contributed by atoms with van der Waals surface area (Å²) in [6.45, 7) is -0.0218. The van der Waals surface area contributed by atoms with Gasteiger partial charge in [-0.2, -0.15) is 5.26 Å². The third-order valence-corrected chi connectivity index (χ3v) is 3.95. The number of benzene rings is 1. The van der Waals surface area contributed by atoms with E-state index in [1.54, 1.807) is 6.07 Å². The van der Waals surface area contributed by atoms with Gasteiger partial charge in [0.15, 0.2) is 0 Å². The van der Waals surface area contributed by atoms with E-state index < -0.39 is 16.0 Å². The molecule has 0 spiro atoms. The highest BCUT2D eigenvalue weighted by molar-refractivity contribution is 7.89. The number of nitrogens with one attached hydrogen (secondary N) is 1. The van der Waals surface area contributed by atoms with Crippen LogP contribution in [0.1, 0.15) is 18.4 Å². The minimum Gasteiger partial charge on any atom is -0.481 e. The molecular formula is C11H11ClN2O4S. The lowest BCUT2D eigenvalue weighted by Crippen LogP contribution is -2.26. The Bertz CT molecular complexity index is 622. The van der Waals surface area contributed by atoms with Gasteiger partial charge in [-0.05, 0) is 24.6 Å². The fourth-order valence-electron chi connectivity index (χ4n) is 1.33. The van der Waals surface area contributed by atoms with Crippen LogP contribution in [0.5, 0.6) is 0 Å². The summed E-state index contributed by atoms with van der Waals surface area (Å²) in [5.74, 6) is -1.00. The van der Waals surface area contributed by atoms with Crippen LogP contribution >= 0.6 is 11.6 Å². The molecule has 0 radical (unpaired) electrons. The number of nitriles is 1. The Labute approximate surface area is 115 Å². The van der Waals surface area contributed by atoms with Gasteiger partial charge in [-0.1, -0.05) is 11.6 Å². The van der Waals surface area contributed by atoms with Gasteiger partial charge in [0.1, 0.15) is 11.0 Å². The summed E-state index contributed by atoms with van der Waals surface area (Å²) in [5, 5.41) is 17.5. The first-order valence-electron chi connectivity index (χ1n) is 5.28. The van der Waals surface area contributed by atoms with E-state index in [2.05, 4.69) is 4.72 Å². The van der Waals surface area contributed by atoms with Crippen molar-refractivity contribution in [3.63, 3.8) is 0 Å². The second kappa shape index (κ2) is 6.52. The van der Waals surface area contributed by atoms with Crippen LogP contribution in [0.3, 0.4) is 0 Å². The van der Waals surface area contributed by atoms with Crippen LogP contribution in [0.15, 0.2) is 23.1 Å². The third kappa shape index (κ3) is 4.52. The molecule has 0 fully saturated rings. The average molecular weight is 303 g/mol. The molecule has 0 bridgehead atoms. The number of rotatable bonds is 6. The van der Waals surface area contributed by atoms with E-state index >= 15 is 0 Å². The molecule has 0 aromatic heterocycles. The molecule has 6 nitrogen and oxygen atoms in total. The fourth-order valence-corrected chi connectivity index (χ4v) is 2.83. The van der Waals surface area contributed by atoms with Crippen molar-refractivity contribution in [1.82, 2.24) is 4.72 Å². The van der Waals surface area contributed by atoms with Crippen LogP contribution in [0.2, 0.25) is 5.02 Å². The van der Waals surface area contributed by atoms with Gasteiger partial charge in [-0.15, -0.1) is 0 Å². The highest BCUT2D eigenvalue weighted by Crippen LogP contribution is 2.20. The number of carboxylic acids is 1. The van der Waals surface area contributed by atoms with E-state index in [9.17, 15) is 13.2 Å². The smallest absolute Gasteiger partial charge is 0.303 e. The molecule has 1 rings (SSSR count). The molecule has 1 aromatic rings. The summed E-state index contributed by atoms with van der Waals surface area (Å²) in [6, 6.07) is 5.68. The molecule has 0 amide bonds. The quantitative estimate of drug-likeness (QED) is 0.771. The largest absolute Gasteiger partial charge is 0.481 e. The van der Waals surface area contributed by atoms with Gasteiger partial charge < -0.3 is 5.11 Å². The summed E-state index contributed by atoms with van der Waals surface area (Å²) in [7, 11) is -3.87. The highest BCUT2D eigenvalue weighted by Gasteiger charge is 2.18. The Morgan fingerprint density at radius 1 is 1.47 bits per heavy atom. The van der Waals surface area contributed by atoms with Crippen molar-refractivity contribution in [3.8, 4) is 6.07 Å². The zero-order valence-electron chi connectivity index (χ0n) is 9.76. The number of nitrogens with zero attached hydrogens (tertiary/aromatic N) is 1. The number of halogens is 1. The normalized spacial score (nSPS) is 10.9. The number of aliphatic carboxylic acids is 1. The molecule has 0 unspecified atom stereocenters. The summed E-state index contributed by atoms with van der Waals surface area (Å²) in [6.07, 6.45) is 0.0280. The zero-order chi connectivity index (χ0) is 14.5. The first kappa shape index (κ1) is 15.4. The van der Waals surface area contributed by atoms with Crippen LogP contribution < -0.4 is 4.72 Å². The van der Waals surface area contributed by atoms with Crippen molar-refractivity contribution >= 4 is 27.6 Å². The molecule has 0 saturated heterocycles. The summed E-state index contributed by atoms with van der Waals surface area (Å²) < 4.78 is 26.1. The van der Waals surface area contributed by atoms with Crippen LogP contribution in [0, 0.1) is 11.3 Å². The molecule has 0 heterocycles. The average Bonchev–Trinajstić information content (AvgIpc) is 2.34. The minimum absolute atomic E-state index is 0.0184. The molecule has 19 heavy (non-hydrogen) atoms. The number of hydrogen-bond donors (Lipinski definition) is 2. The standard InChI is InChI=1S/C11H11ClN2O4S/c12-9-4-3-8(7-13)10(6-9)19(17,18)14-5-1-2-11(15)16/h3-4,6,14H,1-2,5H2,(H,15,16).